The van der Waals surface area contributed by atoms with E-state index in [4.69, 9.17) is 43.6 Å². The number of aryl methyl sites for hydroxylation is 3. The van der Waals surface area contributed by atoms with E-state index in [0.717, 1.165) is 194 Å². The molecule has 124 heavy (non-hydrogen) atoms. The quantitative estimate of drug-likeness (QED) is 0.0346. The van der Waals surface area contributed by atoms with Gasteiger partial charge in [0.15, 0.2) is 0 Å². The molecule has 0 N–H and O–H groups in total. The lowest BCUT2D eigenvalue weighted by atomic mass is 9.99. The van der Waals surface area contributed by atoms with Crippen molar-refractivity contribution in [1.82, 2.24) is 19.9 Å². The van der Waals surface area contributed by atoms with Crippen LogP contribution in [0.4, 0.5) is 0 Å². The molecule has 0 bridgehead atoms. The van der Waals surface area contributed by atoms with Gasteiger partial charge >= 0.3 is 0 Å². The van der Waals surface area contributed by atoms with Gasteiger partial charge in [-0.2, -0.15) is 0 Å². The maximum atomic E-state index is 7.47. The van der Waals surface area contributed by atoms with Crippen LogP contribution >= 0.6 is 90.7 Å². The second-order valence-electron chi connectivity index (χ2n) is 34.0. The van der Waals surface area contributed by atoms with E-state index in [-0.39, 0.29) is 0 Å². The number of aromatic nitrogens is 4. The molecule has 0 amide bonds. The third kappa shape index (κ3) is 19.8. The van der Waals surface area contributed by atoms with E-state index in [2.05, 4.69) is 229 Å². The van der Waals surface area contributed by atoms with Crippen molar-refractivity contribution in [3.8, 4) is 122 Å². The molecule has 0 saturated heterocycles. The fraction of sp³-hybridized carbons (Fsp3) is 0.402. The van der Waals surface area contributed by atoms with Crippen molar-refractivity contribution in [3.05, 3.63) is 173 Å². The highest BCUT2D eigenvalue weighted by Crippen LogP contribution is 2.57. The third-order valence-corrected chi connectivity index (χ3v) is 34.3. The molecule has 0 radical (unpaired) electrons. The molecular formula is C107H120N4O5S8. The Kier molecular flexibility index (Phi) is 30.2. The zero-order valence-electron chi connectivity index (χ0n) is 74.5. The van der Waals surface area contributed by atoms with Crippen molar-refractivity contribution in [2.24, 2.45) is 23.7 Å². The highest BCUT2D eigenvalue weighted by molar-refractivity contribution is 7.29. The lowest BCUT2D eigenvalue weighted by Gasteiger charge is -2.19. The highest BCUT2D eigenvalue weighted by atomic mass is 32.1. The molecule has 17 heteroatoms. The Morgan fingerprint density at radius 3 is 1.06 bits per heavy atom. The van der Waals surface area contributed by atoms with Crippen molar-refractivity contribution in [2.75, 3.05) is 33.0 Å². The third-order valence-electron chi connectivity index (χ3n) is 24.8. The molecule has 6 aromatic carbocycles. The molecule has 4 atom stereocenters. The van der Waals surface area contributed by atoms with Crippen LogP contribution in [0.5, 0.6) is 28.7 Å². The normalized spacial score (nSPS) is 12.9. The highest BCUT2D eigenvalue weighted by Gasteiger charge is 2.30. The molecular weight excluding hydrogens is 1680 g/mol. The van der Waals surface area contributed by atoms with Crippen LogP contribution in [0.2, 0.25) is 0 Å². The van der Waals surface area contributed by atoms with Crippen molar-refractivity contribution in [1.29, 1.82) is 0 Å². The first kappa shape index (κ1) is 89.0. The average molecular weight is 1800 g/mol. The minimum absolute atomic E-state index is 0.423. The average Bonchev–Trinajstić information content (AvgIpc) is 1.62. The second-order valence-corrected chi connectivity index (χ2v) is 42.9. The van der Waals surface area contributed by atoms with E-state index in [1.807, 2.05) is 91.8 Å². The van der Waals surface area contributed by atoms with Gasteiger partial charge in [0.25, 0.3) is 0 Å². The van der Waals surface area contributed by atoms with Crippen LogP contribution in [0.1, 0.15) is 219 Å². The van der Waals surface area contributed by atoms with Crippen LogP contribution < -0.4 is 23.7 Å². The molecule has 16 aromatic rings. The van der Waals surface area contributed by atoms with Crippen molar-refractivity contribution < 1.29 is 23.7 Å². The van der Waals surface area contributed by atoms with E-state index >= 15 is 0 Å². The number of fused-ring (bicyclic) bond motifs is 6. The smallest absolute Gasteiger partial charge is 0.146 e. The Hall–Kier alpha value is -8.36. The molecule has 0 aliphatic rings. The van der Waals surface area contributed by atoms with Crippen LogP contribution in [-0.2, 0) is 0 Å². The van der Waals surface area contributed by atoms with Crippen LogP contribution in [-0.4, -0.2) is 53.0 Å². The molecule has 10 aromatic heterocycles. The van der Waals surface area contributed by atoms with E-state index in [0.29, 0.717) is 56.7 Å². The fourth-order valence-corrected chi connectivity index (χ4v) is 26.0. The summed E-state index contributed by atoms with van der Waals surface area (Å²) in [7, 11) is 0. The van der Waals surface area contributed by atoms with Gasteiger partial charge in [0.2, 0.25) is 0 Å². The minimum atomic E-state index is 0.423. The van der Waals surface area contributed by atoms with Crippen molar-refractivity contribution >= 4 is 153 Å². The molecule has 646 valence electrons. The zero-order valence-corrected chi connectivity index (χ0v) is 81.0. The van der Waals surface area contributed by atoms with Crippen molar-refractivity contribution in [3.63, 3.8) is 0 Å². The van der Waals surface area contributed by atoms with Gasteiger partial charge in [0.1, 0.15) is 28.7 Å². The SMILES string of the molecule is CCCCCCCCOc1cccc(-c2nc3c(-c4ccc(C)s4)ccc(-c4ccc(-c5cc6c(OCC(CC)CCCC)c7sc(-c8ccc(-c9ccc(-c%10ccc(-c%11cc%12c(OCC(CC)CCCC)c%13sc(C)cc%13c(OCC(CC)CCCC)c%12s%11)s%10)c%10nccnc9%10)s8)cc7c(OCC(CC)CCCC)c6s5)s4)c3nc2-c2cccc(C)c2)c1. The maximum absolute atomic E-state index is 7.47. The van der Waals surface area contributed by atoms with Crippen LogP contribution in [0.15, 0.2) is 158 Å². The van der Waals surface area contributed by atoms with Gasteiger partial charge in [-0.25, -0.2) is 9.97 Å². The van der Waals surface area contributed by atoms with E-state index < -0.39 is 0 Å². The number of thiophene rings is 8. The predicted octanol–water partition coefficient (Wildman–Crippen LogP) is 35.7. The van der Waals surface area contributed by atoms with Gasteiger partial charge in [-0.1, -0.05) is 232 Å². The van der Waals surface area contributed by atoms with Gasteiger partial charge in [0.05, 0.1) is 85.3 Å². The van der Waals surface area contributed by atoms with Crippen LogP contribution in [0, 0.1) is 44.4 Å². The first-order valence-electron chi connectivity index (χ1n) is 46.1. The molecule has 4 unspecified atom stereocenters. The summed E-state index contributed by atoms with van der Waals surface area (Å²) in [6, 6.07) is 54.2. The van der Waals surface area contributed by atoms with Crippen LogP contribution in [0.3, 0.4) is 0 Å². The number of hydrogen-bond acceptors (Lipinski definition) is 17. The Morgan fingerprint density at radius 1 is 0.290 bits per heavy atom. The van der Waals surface area contributed by atoms with Gasteiger partial charge in [-0.3, -0.25) is 9.97 Å². The number of rotatable bonds is 45. The molecule has 0 aliphatic carbocycles. The summed E-state index contributed by atoms with van der Waals surface area (Å²) in [6.45, 7) is 30.7. The van der Waals surface area contributed by atoms with E-state index in [9.17, 15) is 0 Å². The predicted molar refractivity (Wildman–Crippen MR) is 543 cm³/mol. The Balaban J connectivity index is 0.759. The largest absolute Gasteiger partial charge is 0.494 e. The molecule has 0 saturated carbocycles. The number of hydrogen-bond donors (Lipinski definition) is 0. The number of nitrogens with zero attached hydrogens (tertiary/aromatic N) is 4. The Labute approximate surface area is 766 Å². The van der Waals surface area contributed by atoms with Gasteiger partial charge in [-0.05, 0) is 168 Å². The molecule has 9 nitrogen and oxygen atoms in total. The monoisotopic (exact) mass is 1800 g/mol. The standard InChI is InChI=1S/C107H120N4O5S8/c1-13-22-27-28-29-30-55-112-75-40-32-39-74(58-75)95-94(73-38-31-33-66(10)56-73)110-99-79(45-44-78(98(99)111-95)84-46-41-67(11)117-84)87-49-52-90(121-87)93-61-83-103(116-65-72(21-9)37-26-17-5)106-82(102(107(83)124-93)115-64-71(20-8)36-25-16-4)60-92(123-106)89-51-48-86(120-89)77-43-42-76(96-97(77)109-54-53-108-96)85-47-50-88(119-85)91-59-81-101(114-63-70(19-7)35-24-15-3)104-80(57-68(12)118-104)100(105(81)122-91)113-62-69(18-6)34-23-14-2/h31-33,38-54,56-61,69-72H,13-30,34-37,55,62-65H2,1-12H3. The first-order valence-corrected chi connectivity index (χ1v) is 52.6. The second kappa shape index (κ2) is 42.0. The van der Waals surface area contributed by atoms with Crippen LogP contribution in [0.25, 0.3) is 156 Å². The summed E-state index contributed by atoms with van der Waals surface area (Å²) in [5, 5.41) is 4.56. The maximum Gasteiger partial charge on any atom is 0.146 e. The van der Waals surface area contributed by atoms with E-state index in [1.165, 1.54) is 148 Å². The molecule has 0 fully saturated rings. The Morgan fingerprint density at radius 2 is 0.653 bits per heavy atom. The summed E-state index contributed by atoms with van der Waals surface area (Å²) in [5.74, 6) is 6.64. The first-order chi connectivity index (χ1) is 60.8. The van der Waals surface area contributed by atoms with E-state index in [1.54, 1.807) is 11.3 Å². The summed E-state index contributed by atoms with van der Waals surface area (Å²) in [4.78, 5) is 36.3. The summed E-state index contributed by atoms with van der Waals surface area (Å²) >= 11 is 14.6. The summed E-state index contributed by atoms with van der Waals surface area (Å²) in [6.07, 6.45) is 29.4. The summed E-state index contributed by atoms with van der Waals surface area (Å²) in [5.41, 5.74) is 12.7. The van der Waals surface area contributed by atoms with Gasteiger partial charge in [-0.15, -0.1) is 90.7 Å². The molecule has 0 spiro atoms. The minimum Gasteiger partial charge on any atom is -0.494 e. The van der Waals surface area contributed by atoms with Gasteiger partial charge in [0, 0.05) is 126 Å². The van der Waals surface area contributed by atoms with Crippen molar-refractivity contribution in [2.45, 2.75) is 224 Å². The molecule has 10 heterocycles. The van der Waals surface area contributed by atoms with Gasteiger partial charge < -0.3 is 23.7 Å². The lowest BCUT2D eigenvalue weighted by Crippen LogP contribution is -2.12. The molecule has 0 aliphatic heterocycles. The lowest BCUT2D eigenvalue weighted by molar-refractivity contribution is 0.235. The summed E-state index contributed by atoms with van der Waals surface area (Å²) < 4.78 is 40.3. The Bertz CT molecular complexity index is 6150. The zero-order chi connectivity index (χ0) is 85.7. The fourth-order valence-electron chi connectivity index (χ4n) is 17.3. The number of benzene rings is 6. The number of ether oxygens (including phenoxy) is 5. The molecule has 16 rings (SSSR count). The topological polar surface area (TPSA) is 97.7 Å². The number of unbranched alkanes of at least 4 members (excludes halogenated alkanes) is 9.